The summed E-state index contributed by atoms with van der Waals surface area (Å²) in [5.41, 5.74) is 1.27. The first kappa shape index (κ1) is 20.3. The number of para-hydroxylation sites is 1. The summed E-state index contributed by atoms with van der Waals surface area (Å²) in [4.78, 5) is 26.0. The molecule has 6 nitrogen and oxygen atoms in total. The van der Waals surface area contributed by atoms with Gasteiger partial charge in [0.2, 0.25) is 0 Å². The van der Waals surface area contributed by atoms with E-state index in [1.54, 1.807) is 29.2 Å². The molecule has 0 spiro atoms. The van der Waals surface area contributed by atoms with Crippen LogP contribution in [0.3, 0.4) is 0 Å². The number of amides is 2. The summed E-state index contributed by atoms with van der Waals surface area (Å²) in [6, 6.07) is 16.0. The molecule has 0 unspecified atom stereocenters. The average Bonchev–Trinajstić information content (AvgIpc) is 2.65. The van der Waals surface area contributed by atoms with Crippen molar-refractivity contribution in [2.24, 2.45) is 5.92 Å². The summed E-state index contributed by atoms with van der Waals surface area (Å²) >= 11 is 0. The van der Waals surface area contributed by atoms with Crippen LogP contribution >= 0.6 is 0 Å². The summed E-state index contributed by atoms with van der Waals surface area (Å²) < 4.78 is 10.6. The fourth-order valence-corrected chi connectivity index (χ4v) is 2.35. The van der Waals surface area contributed by atoms with Gasteiger partial charge in [0.05, 0.1) is 6.61 Å². The molecular weight excluding hydrogens is 344 g/mol. The van der Waals surface area contributed by atoms with Crippen molar-refractivity contribution < 1.29 is 19.1 Å². The van der Waals surface area contributed by atoms with E-state index in [2.05, 4.69) is 5.32 Å². The van der Waals surface area contributed by atoms with Crippen LogP contribution in [-0.4, -0.2) is 25.3 Å². The van der Waals surface area contributed by atoms with Crippen molar-refractivity contribution in [3.05, 3.63) is 54.6 Å². The third kappa shape index (κ3) is 6.66. The summed E-state index contributed by atoms with van der Waals surface area (Å²) in [6.07, 6.45) is -0.209. The van der Waals surface area contributed by atoms with Gasteiger partial charge in [-0.05, 0) is 36.6 Å². The van der Waals surface area contributed by atoms with E-state index in [9.17, 15) is 9.59 Å². The van der Waals surface area contributed by atoms with E-state index in [1.807, 2.05) is 51.1 Å². The van der Waals surface area contributed by atoms with Gasteiger partial charge in [0.15, 0.2) is 0 Å². The minimum atomic E-state index is -0.538. The van der Waals surface area contributed by atoms with E-state index in [1.165, 1.54) is 0 Å². The van der Waals surface area contributed by atoms with Crippen LogP contribution in [-0.2, 0) is 4.74 Å². The third-order valence-corrected chi connectivity index (χ3v) is 3.57. The Balaban J connectivity index is 2.03. The molecule has 0 aliphatic carbocycles. The Labute approximate surface area is 160 Å². The summed E-state index contributed by atoms with van der Waals surface area (Å²) in [5, 5.41) is 2.63. The Kier molecular flexibility index (Phi) is 7.67. The van der Waals surface area contributed by atoms with Crippen molar-refractivity contribution in [3.8, 4) is 5.75 Å². The van der Waals surface area contributed by atoms with E-state index in [0.717, 1.165) is 12.1 Å². The zero-order valence-corrected chi connectivity index (χ0v) is 16.0. The van der Waals surface area contributed by atoms with Gasteiger partial charge < -0.3 is 9.47 Å². The average molecular weight is 370 g/mol. The molecule has 27 heavy (non-hydrogen) atoms. The highest BCUT2D eigenvalue weighted by Gasteiger charge is 2.17. The monoisotopic (exact) mass is 370 g/mol. The minimum Gasteiger partial charge on any atom is -0.449 e. The highest BCUT2D eigenvalue weighted by Crippen LogP contribution is 2.21. The number of carbonyl (C=O) groups is 2. The molecule has 0 atom stereocenters. The Hall–Kier alpha value is -3.02. The summed E-state index contributed by atoms with van der Waals surface area (Å²) in [6.45, 7) is 6.80. The standard InChI is InChI=1S/C21H26N2O4/c1-4-13-23(18-10-6-5-7-11-18)21(25)27-19-12-8-9-17(14-19)22-20(24)26-15-16(2)3/h5-12,14,16H,4,13,15H2,1-3H3,(H,22,24). The second-order valence-electron chi connectivity index (χ2n) is 6.50. The molecule has 0 saturated carbocycles. The molecule has 0 radical (unpaired) electrons. The molecule has 144 valence electrons. The smallest absolute Gasteiger partial charge is 0.419 e. The Morgan fingerprint density at radius 2 is 1.81 bits per heavy atom. The van der Waals surface area contributed by atoms with Gasteiger partial charge in [-0.1, -0.05) is 45.0 Å². The number of hydrogen-bond acceptors (Lipinski definition) is 4. The van der Waals surface area contributed by atoms with Gasteiger partial charge in [-0.3, -0.25) is 10.2 Å². The Morgan fingerprint density at radius 1 is 1.07 bits per heavy atom. The molecule has 0 aliphatic heterocycles. The molecule has 1 N–H and O–H groups in total. The van der Waals surface area contributed by atoms with E-state index >= 15 is 0 Å². The molecule has 2 aromatic rings. The van der Waals surface area contributed by atoms with Gasteiger partial charge in [0.1, 0.15) is 5.75 Å². The molecule has 0 aromatic heterocycles. The Morgan fingerprint density at radius 3 is 2.48 bits per heavy atom. The summed E-state index contributed by atoms with van der Waals surface area (Å²) in [5.74, 6) is 0.601. The molecule has 2 aromatic carbocycles. The molecular formula is C21H26N2O4. The number of carbonyl (C=O) groups excluding carboxylic acids is 2. The van der Waals surface area contributed by atoms with E-state index in [-0.39, 0.29) is 5.92 Å². The van der Waals surface area contributed by atoms with Crippen molar-refractivity contribution in [2.45, 2.75) is 27.2 Å². The van der Waals surface area contributed by atoms with Gasteiger partial charge in [-0.2, -0.15) is 0 Å². The maximum absolute atomic E-state index is 12.6. The topological polar surface area (TPSA) is 67.9 Å². The van der Waals surface area contributed by atoms with Crippen molar-refractivity contribution in [3.63, 3.8) is 0 Å². The highest BCUT2D eigenvalue weighted by atomic mass is 16.6. The van der Waals surface area contributed by atoms with Gasteiger partial charge in [-0.15, -0.1) is 0 Å². The highest BCUT2D eigenvalue weighted by molar-refractivity contribution is 5.89. The van der Waals surface area contributed by atoms with Crippen LogP contribution in [0.1, 0.15) is 27.2 Å². The molecule has 2 rings (SSSR count). The number of ether oxygens (including phenoxy) is 2. The van der Waals surface area contributed by atoms with Crippen LogP contribution in [0.5, 0.6) is 5.75 Å². The first-order chi connectivity index (χ1) is 13.0. The maximum Gasteiger partial charge on any atom is 0.419 e. The van der Waals surface area contributed by atoms with Crippen LogP contribution < -0.4 is 15.0 Å². The second kappa shape index (κ2) is 10.2. The van der Waals surface area contributed by atoms with Crippen LogP contribution in [0.4, 0.5) is 21.0 Å². The van der Waals surface area contributed by atoms with Gasteiger partial charge in [-0.25, -0.2) is 9.59 Å². The number of nitrogens with zero attached hydrogens (tertiary/aromatic N) is 1. The quantitative estimate of drug-likeness (QED) is 0.717. The zero-order chi connectivity index (χ0) is 19.6. The number of anilines is 2. The fourth-order valence-electron chi connectivity index (χ4n) is 2.35. The van der Waals surface area contributed by atoms with Crippen LogP contribution in [0.25, 0.3) is 0 Å². The van der Waals surface area contributed by atoms with Crippen molar-refractivity contribution in [2.75, 3.05) is 23.4 Å². The molecule has 6 heteroatoms. The maximum atomic E-state index is 12.6. The van der Waals surface area contributed by atoms with Gasteiger partial charge in [0, 0.05) is 24.0 Å². The first-order valence-corrected chi connectivity index (χ1v) is 9.07. The van der Waals surface area contributed by atoms with E-state index in [0.29, 0.717) is 24.6 Å². The number of rotatable bonds is 7. The predicted octanol–water partition coefficient (Wildman–Crippen LogP) is 5.31. The second-order valence-corrected chi connectivity index (χ2v) is 6.50. The van der Waals surface area contributed by atoms with E-state index < -0.39 is 12.2 Å². The lowest BCUT2D eigenvalue weighted by atomic mass is 10.2. The molecule has 0 heterocycles. The van der Waals surface area contributed by atoms with Crippen molar-refractivity contribution in [1.82, 2.24) is 0 Å². The fraction of sp³-hybridized carbons (Fsp3) is 0.333. The normalized spacial score (nSPS) is 10.4. The lowest BCUT2D eigenvalue weighted by Gasteiger charge is -2.21. The van der Waals surface area contributed by atoms with Crippen LogP contribution in [0.15, 0.2) is 54.6 Å². The lowest BCUT2D eigenvalue weighted by molar-refractivity contribution is 0.147. The largest absolute Gasteiger partial charge is 0.449 e. The Bertz CT molecular complexity index is 747. The molecule has 0 aliphatic rings. The zero-order valence-electron chi connectivity index (χ0n) is 16.0. The SMILES string of the molecule is CCCN(C(=O)Oc1cccc(NC(=O)OCC(C)C)c1)c1ccccc1. The predicted molar refractivity (Wildman–Crippen MR) is 106 cm³/mol. The van der Waals surface area contributed by atoms with Crippen molar-refractivity contribution >= 4 is 23.6 Å². The molecule has 2 amide bonds. The number of nitrogens with one attached hydrogen (secondary N) is 1. The molecule has 0 fully saturated rings. The third-order valence-electron chi connectivity index (χ3n) is 3.57. The van der Waals surface area contributed by atoms with Crippen molar-refractivity contribution in [1.29, 1.82) is 0 Å². The number of hydrogen-bond donors (Lipinski definition) is 1. The van der Waals surface area contributed by atoms with Gasteiger partial charge in [0.25, 0.3) is 0 Å². The van der Waals surface area contributed by atoms with Crippen LogP contribution in [0, 0.1) is 5.92 Å². The number of benzene rings is 2. The lowest BCUT2D eigenvalue weighted by Crippen LogP contribution is -2.34. The van der Waals surface area contributed by atoms with Gasteiger partial charge >= 0.3 is 12.2 Å². The summed E-state index contributed by atoms with van der Waals surface area (Å²) in [7, 11) is 0. The first-order valence-electron chi connectivity index (χ1n) is 9.07. The van der Waals surface area contributed by atoms with Crippen LogP contribution in [0.2, 0.25) is 0 Å². The van der Waals surface area contributed by atoms with E-state index in [4.69, 9.17) is 9.47 Å². The molecule has 0 bridgehead atoms. The minimum absolute atomic E-state index is 0.255. The molecule has 0 saturated heterocycles.